The molecule has 1 saturated heterocycles. The third-order valence-electron chi connectivity index (χ3n) is 5.12. The molecule has 0 unspecified atom stereocenters. The summed E-state index contributed by atoms with van der Waals surface area (Å²) in [7, 11) is 0. The quantitative estimate of drug-likeness (QED) is 0.533. The summed E-state index contributed by atoms with van der Waals surface area (Å²) < 4.78 is 5.70. The first-order chi connectivity index (χ1) is 14.6. The van der Waals surface area contributed by atoms with Crippen molar-refractivity contribution < 1.29 is 9.53 Å². The van der Waals surface area contributed by atoms with E-state index in [1.165, 1.54) is 23.0 Å². The maximum atomic E-state index is 12.5. The molecule has 6 heteroatoms. The van der Waals surface area contributed by atoms with Gasteiger partial charge in [-0.05, 0) is 43.0 Å². The summed E-state index contributed by atoms with van der Waals surface area (Å²) in [5.74, 6) is 0.549. The average Bonchev–Trinajstić information content (AvgIpc) is 3.14. The highest BCUT2D eigenvalue weighted by atomic mass is 32.2. The summed E-state index contributed by atoms with van der Waals surface area (Å²) in [6, 6.07) is 16.3. The summed E-state index contributed by atoms with van der Waals surface area (Å²) in [6.07, 6.45) is 3.57. The Balaban J connectivity index is 1.41. The average molecular weight is 420 g/mol. The maximum Gasteiger partial charge on any atom is 0.286 e. The molecule has 2 aliphatic heterocycles. The first kappa shape index (κ1) is 20.3. The number of amidine groups is 1. The number of para-hydroxylation sites is 1. The van der Waals surface area contributed by atoms with Gasteiger partial charge in [0.15, 0.2) is 5.17 Å². The van der Waals surface area contributed by atoms with Gasteiger partial charge in [0.2, 0.25) is 0 Å². The Hall–Kier alpha value is -2.99. The van der Waals surface area contributed by atoms with E-state index in [2.05, 4.69) is 52.6 Å². The maximum absolute atomic E-state index is 12.5. The number of carbonyl (C=O) groups excluding carboxylic acids is 1. The molecule has 0 aromatic heterocycles. The fraction of sp³-hybridized carbons (Fsp3) is 0.250. The number of benzene rings is 2. The van der Waals surface area contributed by atoms with E-state index in [0.717, 1.165) is 42.7 Å². The predicted octanol–water partition coefficient (Wildman–Crippen LogP) is 4.35. The Kier molecular flexibility index (Phi) is 6.23. The Morgan fingerprint density at radius 2 is 1.77 bits per heavy atom. The van der Waals surface area contributed by atoms with Crippen LogP contribution >= 0.6 is 11.8 Å². The van der Waals surface area contributed by atoms with Gasteiger partial charge in [-0.15, -0.1) is 0 Å². The molecular formula is C24H25N3O2S. The van der Waals surface area contributed by atoms with E-state index in [0.29, 0.717) is 11.5 Å². The van der Waals surface area contributed by atoms with Crippen molar-refractivity contribution in [1.29, 1.82) is 0 Å². The molecule has 1 amide bonds. The zero-order valence-electron chi connectivity index (χ0n) is 17.1. The molecule has 2 heterocycles. The van der Waals surface area contributed by atoms with Crippen molar-refractivity contribution in [2.24, 2.45) is 4.99 Å². The summed E-state index contributed by atoms with van der Waals surface area (Å²) in [4.78, 5) is 22.0. The number of amides is 1. The second-order valence-corrected chi connectivity index (χ2v) is 8.27. The molecule has 5 nitrogen and oxygen atoms in total. The molecule has 0 aliphatic carbocycles. The van der Waals surface area contributed by atoms with Gasteiger partial charge in [0, 0.05) is 37.4 Å². The number of anilines is 1. The van der Waals surface area contributed by atoms with E-state index in [9.17, 15) is 4.79 Å². The highest BCUT2D eigenvalue weighted by Gasteiger charge is 2.28. The fourth-order valence-electron chi connectivity index (χ4n) is 3.47. The molecule has 154 valence electrons. The molecule has 0 N–H and O–H groups in total. The monoisotopic (exact) mass is 419 g/mol. The molecular weight excluding hydrogens is 394 g/mol. The van der Waals surface area contributed by atoms with Crippen LogP contribution in [0.15, 0.2) is 71.1 Å². The van der Waals surface area contributed by atoms with Crippen molar-refractivity contribution in [3.63, 3.8) is 0 Å². The van der Waals surface area contributed by atoms with Gasteiger partial charge in [-0.1, -0.05) is 48.6 Å². The van der Waals surface area contributed by atoms with Gasteiger partial charge >= 0.3 is 0 Å². The van der Waals surface area contributed by atoms with E-state index in [1.807, 2.05) is 30.3 Å². The largest absolute Gasteiger partial charge is 0.489 e. The SMILES string of the molecule is C=CCOc1ccccc1C=C1SC(N2CCN(c3ccc(C)cc3)CC2)=NC1=O. The fourth-order valence-corrected chi connectivity index (χ4v) is 4.42. The summed E-state index contributed by atoms with van der Waals surface area (Å²) in [5.41, 5.74) is 3.38. The van der Waals surface area contributed by atoms with Gasteiger partial charge in [-0.2, -0.15) is 4.99 Å². The normalized spacial score (nSPS) is 18.0. The van der Waals surface area contributed by atoms with Crippen molar-refractivity contribution in [1.82, 2.24) is 4.90 Å². The number of nitrogens with zero attached hydrogens (tertiary/aromatic N) is 3. The molecule has 2 aromatic rings. The van der Waals surface area contributed by atoms with Crippen molar-refractivity contribution in [3.05, 3.63) is 77.2 Å². The molecule has 30 heavy (non-hydrogen) atoms. The number of ether oxygens (including phenoxy) is 1. The number of aliphatic imine (C=N–C) groups is 1. The zero-order valence-corrected chi connectivity index (χ0v) is 17.9. The van der Waals surface area contributed by atoms with E-state index in [1.54, 1.807) is 6.08 Å². The number of aryl methyl sites for hydroxylation is 1. The highest BCUT2D eigenvalue weighted by Crippen LogP contribution is 2.33. The Labute approximate surface area is 181 Å². The number of hydrogen-bond donors (Lipinski definition) is 0. The second-order valence-electron chi connectivity index (χ2n) is 7.26. The van der Waals surface area contributed by atoms with Gasteiger partial charge in [0.05, 0.1) is 4.91 Å². The molecule has 0 radical (unpaired) electrons. The van der Waals surface area contributed by atoms with E-state index >= 15 is 0 Å². The van der Waals surface area contributed by atoms with E-state index in [4.69, 9.17) is 4.74 Å². The van der Waals surface area contributed by atoms with Crippen molar-refractivity contribution in [2.75, 3.05) is 37.7 Å². The van der Waals surface area contributed by atoms with Crippen LogP contribution in [0.1, 0.15) is 11.1 Å². The van der Waals surface area contributed by atoms with Crippen LogP contribution in [0.4, 0.5) is 5.69 Å². The van der Waals surface area contributed by atoms with Crippen LogP contribution in [0.2, 0.25) is 0 Å². The van der Waals surface area contributed by atoms with Gasteiger partial charge < -0.3 is 14.5 Å². The molecule has 2 aromatic carbocycles. The molecule has 2 aliphatic rings. The minimum atomic E-state index is -0.186. The van der Waals surface area contributed by atoms with Gasteiger partial charge in [0.25, 0.3) is 5.91 Å². The molecule has 0 spiro atoms. The van der Waals surface area contributed by atoms with Crippen LogP contribution in [0.25, 0.3) is 6.08 Å². The smallest absolute Gasteiger partial charge is 0.286 e. The van der Waals surface area contributed by atoms with Crippen LogP contribution in [-0.2, 0) is 4.79 Å². The Morgan fingerprint density at radius 1 is 1.07 bits per heavy atom. The topological polar surface area (TPSA) is 45.1 Å². The lowest BCUT2D eigenvalue weighted by Crippen LogP contribution is -2.47. The summed E-state index contributed by atoms with van der Waals surface area (Å²) in [6.45, 7) is 9.72. The molecule has 0 saturated carbocycles. The summed E-state index contributed by atoms with van der Waals surface area (Å²) in [5, 5.41) is 0.791. The molecule has 1 fully saturated rings. The zero-order chi connectivity index (χ0) is 20.9. The Morgan fingerprint density at radius 3 is 2.50 bits per heavy atom. The third kappa shape index (κ3) is 4.60. The van der Waals surface area contributed by atoms with Crippen LogP contribution in [-0.4, -0.2) is 48.8 Å². The molecule has 4 rings (SSSR count). The van der Waals surface area contributed by atoms with Crippen molar-refractivity contribution in [2.45, 2.75) is 6.92 Å². The van der Waals surface area contributed by atoms with Crippen LogP contribution in [0, 0.1) is 6.92 Å². The first-order valence-corrected chi connectivity index (χ1v) is 10.9. The van der Waals surface area contributed by atoms with Crippen LogP contribution < -0.4 is 9.64 Å². The van der Waals surface area contributed by atoms with E-state index in [-0.39, 0.29) is 5.91 Å². The molecule has 0 bridgehead atoms. The first-order valence-electron chi connectivity index (χ1n) is 10.1. The van der Waals surface area contributed by atoms with Crippen molar-refractivity contribution in [3.8, 4) is 5.75 Å². The highest BCUT2D eigenvalue weighted by molar-refractivity contribution is 8.18. The van der Waals surface area contributed by atoms with Gasteiger partial charge in [-0.3, -0.25) is 4.79 Å². The van der Waals surface area contributed by atoms with Crippen molar-refractivity contribution >= 4 is 34.6 Å². The minimum Gasteiger partial charge on any atom is -0.489 e. The number of hydrogen-bond acceptors (Lipinski definition) is 5. The molecule has 0 atom stereocenters. The summed E-state index contributed by atoms with van der Waals surface area (Å²) >= 11 is 1.44. The number of piperazine rings is 1. The predicted molar refractivity (Wildman–Crippen MR) is 125 cm³/mol. The lowest BCUT2D eigenvalue weighted by atomic mass is 10.2. The van der Waals surface area contributed by atoms with E-state index < -0.39 is 0 Å². The third-order valence-corrected chi connectivity index (χ3v) is 6.17. The lowest BCUT2D eigenvalue weighted by molar-refractivity contribution is -0.113. The van der Waals surface area contributed by atoms with Crippen LogP contribution in [0.3, 0.4) is 0 Å². The standard InChI is InChI=1S/C24H25N3O2S/c1-3-16-29-21-7-5-4-6-19(21)17-22-23(28)25-24(30-22)27-14-12-26(13-15-27)20-10-8-18(2)9-11-20/h3-11,17H,1,12-16H2,2H3. The lowest BCUT2D eigenvalue weighted by Gasteiger charge is -2.36. The number of thioether (sulfide) groups is 1. The number of rotatable bonds is 5. The van der Waals surface area contributed by atoms with Crippen LogP contribution in [0.5, 0.6) is 5.75 Å². The Bertz CT molecular complexity index is 990. The van der Waals surface area contributed by atoms with Gasteiger partial charge in [0.1, 0.15) is 12.4 Å². The second kappa shape index (κ2) is 9.22. The minimum absolute atomic E-state index is 0.186. The number of carbonyl (C=O) groups is 1. The van der Waals surface area contributed by atoms with Gasteiger partial charge in [-0.25, -0.2) is 0 Å².